The number of hydrogen-bond donors (Lipinski definition) is 1. The van der Waals surface area contributed by atoms with E-state index in [0.717, 1.165) is 17.8 Å². The lowest BCUT2D eigenvalue weighted by atomic mass is 10.3. The normalized spacial score (nSPS) is 11.0. The van der Waals surface area contributed by atoms with Crippen molar-refractivity contribution in [1.29, 1.82) is 0 Å². The fourth-order valence-corrected chi connectivity index (χ4v) is 4.58. The van der Waals surface area contributed by atoms with E-state index in [1.54, 1.807) is 35.7 Å². The first kappa shape index (κ1) is 20.9. The molecule has 0 saturated carbocycles. The standard InChI is InChI=1S/C20H12Cl2FN3O2S2/c21-11-1-4-13(5-2-11)26-19(28)18-15(7-8-29-18)25-20(26)30-10-17(27)24-16-9-12(23)3-6-14(16)22/h1-9H,10H2,(H,24,27). The van der Waals surface area contributed by atoms with Gasteiger partial charge in [-0.3, -0.25) is 14.2 Å². The minimum Gasteiger partial charge on any atom is -0.324 e. The lowest BCUT2D eigenvalue weighted by Crippen LogP contribution is -2.22. The third-order valence-electron chi connectivity index (χ3n) is 4.07. The Hall–Kier alpha value is -2.39. The Labute approximate surface area is 188 Å². The molecule has 0 saturated heterocycles. The first-order chi connectivity index (χ1) is 14.4. The number of hydrogen-bond acceptors (Lipinski definition) is 5. The van der Waals surface area contributed by atoms with Crippen LogP contribution in [-0.4, -0.2) is 21.2 Å². The number of carbonyl (C=O) groups excluding carboxylic acids is 1. The molecule has 1 N–H and O–H groups in total. The Kier molecular flexibility index (Phi) is 6.10. The molecule has 5 nitrogen and oxygen atoms in total. The predicted octanol–water partition coefficient (Wildman–Crippen LogP) is 5.62. The molecule has 2 aromatic heterocycles. The number of nitrogens with zero attached hydrogens (tertiary/aromatic N) is 2. The van der Waals surface area contributed by atoms with Gasteiger partial charge in [0.1, 0.15) is 10.5 Å². The van der Waals surface area contributed by atoms with Crippen LogP contribution in [0.2, 0.25) is 10.0 Å². The molecule has 0 aliphatic carbocycles. The molecule has 2 heterocycles. The van der Waals surface area contributed by atoms with E-state index in [4.69, 9.17) is 23.2 Å². The summed E-state index contributed by atoms with van der Waals surface area (Å²) in [6.45, 7) is 0. The Bertz CT molecular complexity index is 1310. The number of halogens is 3. The largest absolute Gasteiger partial charge is 0.324 e. The van der Waals surface area contributed by atoms with Crippen LogP contribution in [0.1, 0.15) is 0 Å². The van der Waals surface area contributed by atoms with Crippen molar-refractivity contribution in [2.45, 2.75) is 5.16 Å². The van der Waals surface area contributed by atoms with E-state index in [1.165, 1.54) is 28.0 Å². The van der Waals surface area contributed by atoms with Crippen molar-refractivity contribution in [2.75, 3.05) is 11.1 Å². The Balaban J connectivity index is 1.64. The van der Waals surface area contributed by atoms with E-state index < -0.39 is 11.7 Å². The maximum absolute atomic E-state index is 13.4. The molecule has 0 fully saturated rings. The molecule has 0 aliphatic heterocycles. The average molecular weight is 480 g/mol. The van der Waals surface area contributed by atoms with Gasteiger partial charge >= 0.3 is 0 Å². The van der Waals surface area contributed by atoms with Gasteiger partial charge in [-0.2, -0.15) is 0 Å². The van der Waals surface area contributed by atoms with Gasteiger partial charge in [0.2, 0.25) is 5.91 Å². The second-order valence-corrected chi connectivity index (χ2v) is 8.81. The quantitative estimate of drug-likeness (QED) is 0.297. The number of carbonyl (C=O) groups is 1. The zero-order chi connectivity index (χ0) is 21.3. The highest BCUT2D eigenvalue weighted by atomic mass is 35.5. The number of thioether (sulfide) groups is 1. The highest BCUT2D eigenvalue weighted by Gasteiger charge is 2.16. The predicted molar refractivity (Wildman–Crippen MR) is 121 cm³/mol. The van der Waals surface area contributed by atoms with Crippen molar-refractivity contribution in [2.24, 2.45) is 0 Å². The minimum atomic E-state index is -0.511. The third kappa shape index (κ3) is 4.37. The molecule has 10 heteroatoms. The molecule has 2 aromatic carbocycles. The summed E-state index contributed by atoms with van der Waals surface area (Å²) < 4.78 is 15.4. The molecule has 30 heavy (non-hydrogen) atoms. The number of rotatable bonds is 5. The second kappa shape index (κ2) is 8.77. The Morgan fingerprint density at radius 3 is 2.70 bits per heavy atom. The SMILES string of the molecule is O=C(CSc1nc2ccsc2c(=O)n1-c1ccc(Cl)cc1)Nc1cc(F)ccc1Cl. The number of amides is 1. The summed E-state index contributed by atoms with van der Waals surface area (Å²) in [7, 11) is 0. The molecule has 0 bridgehead atoms. The first-order valence-electron chi connectivity index (χ1n) is 8.56. The minimum absolute atomic E-state index is 0.0531. The number of fused-ring (bicyclic) bond motifs is 1. The summed E-state index contributed by atoms with van der Waals surface area (Å²) in [5.41, 5.74) is 1.10. The third-order valence-corrected chi connectivity index (χ3v) is 6.48. The molecular weight excluding hydrogens is 468 g/mol. The molecule has 0 unspecified atom stereocenters. The van der Waals surface area contributed by atoms with E-state index in [9.17, 15) is 14.0 Å². The number of thiophene rings is 1. The van der Waals surface area contributed by atoms with E-state index in [2.05, 4.69) is 10.3 Å². The van der Waals surface area contributed by atoms with Gasteiger partial charge in [-0.25, -0.2) is 9.37 Å². The van der Waals surface area contributed by atoms with Crippen molar-refractivity contribution in [1.82, 2.24) is 9.55 Å². The molecule has 1 amide bonds. The van der Waals surface area contributed by atoms with Gasteiger partial charge in [0, 0.05) is 5.02 Å². The lowest BCUT2D eigenvalue weighted by molar-refractivity contribution is -0.113. The van der Waals surface area contributed by atoms with Gasteiger partial charge in [-0.05, 0) is 53.9 Å². The molecule has 152 valence electrons. The van der Waals surface area contributed by atoms with Crippen molar-refractivity contribution in [3.05, 3.63) is 80.1 Å². The average Bonchev–Trinajstić information content (AvgIpc) is 3.19. The Morgan fingerprint density at radius 2 is 1.93 bits per heavy atom. The molecule has 0 radical (unpaired) electrons. The van der Waals surface area contributed by atoms with E-state index >= 15 is 0 Å². The molecule has 4 aromatic rings. The van der Waals surface area contributed by atoms with Crippen LogP contribution in [0, 0.1) is 5.82 Å². The van der Waals surface area contributed by atoms with E-state index in [0.29, 0.717) is 26.1 Å². The van der Waals surface area contributed by atoms with Crippen molar-refractivity contribution in [3.63, 3.8) is 0 Å². The van der Waals surface area contributed by atoms with Crippen molar-refractivity contribution < 1.29 is 9.18 Å². The first-order valence-corrected chi connectivity index (χ1v) is 11.2. The summed E-state index contributed by atoms with van der Waals surface area (Å²) in [6, 6.07) is 12.2. The van der Waals surface area contributed by atoms with Gasteiger partial charge in [0.05, 0.1) is 27.7 Å². The van der Waals surface area contributed by atoms with Crippen LogP contribution in [0.4, 0.5) is 10.1 Å². The van der Waals surface area contributed by atoms with Crippen LogP contribution in [-0.2, 0) is 4.79 Å². The van der Waals surface area contributed by atoms with Crippen LogP contribution in [0.3, 0.4) is 0 Å². The smallest absolute Gasteiger partial charge is 0.276 e. The van der Waals surface area contributed by atoms with Crippen LogP contribution in [0.25, 0.3) is 15.9 Å². The van der Waals surface area contributed by atoms with E-state index in [-0.39, 0.29) is 22.0 Å². The van der Waals surface area contributed by atoms with Crippen LogP contribution in [0.15, 0.2) is 63.9 Å². The van der Waals surface area contributed by atoms with Gasteiger partial charge < -0.3 is 5.32 Å². The van der Waals surface area contributed by atoms with Crippen molar-refractivity contribution in [3.8, 4) is 5.69 Å². The number of anilines is 1. The molecular formula is C20H12Cl2FN3O2S2. The lowest BCUT2D eigenvalue weighted by Gasteiger charge is -2.12. The summed E-state index contributed by atoms with van der Waals surface area (Å²) in [5.74, 6) is -0.971. The maximum Gasteiger partial charge on any atom is 0.276 e. The van der Waals surface area contributed by atoms with Gasteiger partial charge in [0.15, 0.2) is 5.16 Å². The Morgan fingerprint density at radius 1 is 1.17 bits per heavy atom. The van der Waals surface area contributed by atoms with Gasteiger partial charge in [-0.15, -0.1) is 11.3 Å². The fraction of sp³-hybridized carbons (Fsp3) is 0.0500. The van der Waals surface area contributed by atoms with Crippen molar-refractivity contribution >= 4 is 68.1 Å². The maximum atomic E-state index is 13.4. The highest BCUT2D eigenvalue weighted by Crippen LogP contribution is 2.26. The summed E-state index contributed by atoms with van der Waals surface area (Å²) in [6.07, 6.45) is 0. The summed E-state index contributed by atoms with van der Waals surface area (Å²) >= 11 is 14.4. The molecule has 0 spiro atoms. The topological polar surface area (TPSA) is 64.0 Å². The monoisotopic (exact) mass is 479 g/mol. The second-order valence-electron chi connectivity index (χ2n) is 6.11. The molecule has 0 aliphatic rings. The number of benzene rings is 2. The van der Waals surface area contributed by atoms with E-state index in [1.807, 2.05) is 0 Å². The van der Waals surface area contributed by atoms with Crippen LogP contribution < -0.4 is 10.9 Å². The molecule has 4 rings (SSSR count). The highest BCUT2D eigenvalue weighted by molar-refractivity contribution is 7.99. The summed E-state index contributed by atoms with van der Waals surface area (Å²) in [5, 5.41) is 5.48. The molecule has 0 atom stereocenters. The zero-order valence-corrected chi connectivity index (χ0v) is 18.2. The number of nitrogens with one attached hydrogen (secondary N) is 1. The zero-order valence-electron chi connectivity index (χ0n) is 15.1. The van der Waals surface area contributed by atoms with Crippen LogP contribution >= 0.6 is 46.3 Å². The van der Waals surface area contributed by atoms with Gasteiger partial charge in [-0.1, -0.05) is 35.0 Å². The van der Waals surface area contributed by atoms with Gasteiger partial charge in [0.25, 0.3) is 5.56 Å². The number of aromatic nitrogens is 2. The summed E-state index contributed by atoms with van der Waals surface area (Å²) in [4.78, 5) is 30.0. The fourth-order valence-electron chi connectivity index (χ4n) is 2.72. The van der Waals surface area contributed by atoms with Crippen LogP contribution in [0.5, 0.6) is 0 Å².